The predicted molar refractivity (Wildman–Crippen MR) is 51.4 cm³/mol. The second-order valence-electron chi connectivity index (χ2n) is 4.35. The molecular formula is C10H19NO. The minimum absolute atomic E-state index is 0. The van der Waals surface area contributed by atoms with Gasteiger partial charge in [-0.2, -0.15) is 0 Å². The smallest absolute Gasteiger partial charge is 0.159 e. The quantitative estimate of drug-likeness (QED) is 0.606. The Labute approximate surface area is 74.6 Å². The summed E-state index contributed by atoms with van der Waals surface area (Å²) in [7, 11) is 0. The van der Waals surface area contributed by atoms with Crippen LogP contribution in [0.3, 0.4) is 0 Å². The van der Waals surface area contributed by atoms with Crippen LogP contribution < -0.4 is 6.15 Å². The molecule has 0 unspecified atom stereocenters. The highest BCUT2D eigenvalue weighted by Gasteiger charge is 2.28. The van der Waals surface area contributed by atoms with Gasteiger partial charge in [-0.1, -0.05) is 19.4 Å². The van der Waals surface area contributed by atoms with E-state index >= 15 is 0 Å². The number of ketones is 1. The molecule has 2 heteroatoms. The summed E-state index contributed by atoms with van der Waals surface area (Å²) in [5.74, 6) is 0.332. The molecule has 0 aromatic carbocycles. The molecule has 2 nitrogen and oxygen atoms in total. The molecule has 0 saturated carbocycles. The molecule has 3 N–H and O–H groups in total. The van der Waals surface area contributed by atoms with Crippen LogP contribution in [0.2, 0.25) is 0 Å². The Morgan fingerprint density at radius 3 is 2.08 bits per heavy atom. The van der Waals surface area contributed by atoms with Crippen molar-refractivity contribution in [3.8, 4) is 0 Å². The number of hydrogen-bond acceptors (Lipinski definition) is 2. The standard InChI is InChI=1S/C10H16O.H3N/c1-7-5-10(3,4)6-9(11)8(7)2;/h5-6H2,1-4H3;1H3. The van der Waals surface area contributed by atoms with Gasteiger partial charge in [0, 0.05) is 6.42 Å². The SMILES string of the molecule is CC1=C(C)C(=O)CC(C)(C)C1.N. The van der Waals surface area contributed by atoms with E-state index in [1.54, 1.807) is 0 Å². The lowest BCUT2D eigenvalue weighted by Gasteiger charge is -2.29. The van der Waals surface area contributed by atoms with Gasteiger partial charge in [-0.25, -0.2) is 0 Å². The van der Waals surface area contributed by atoms with Crippen molar-refractivity contribution in [1.29, 1.82) is 0 Å². The summed E-state index contributed by atoms with van der Waals surface area (Å²) in [6.45, 7) is 8.31. The van der Waals surface area contributed by atoms with Gasteiger partial charge in [-0.15, -0.1) is 0 Å². The number of rotatable bonds is 0. The molecule has 1 aliphatic carbocycles. The van der Waals surface area contributed by atoms with Crippen LogP contribution in [0, 0.1) is 5.41 Å². The van der Waals surface area contributed by atoms with Crippen LogP contribution in [0.1, 0.15) is 40.5 Å². The zero-order chi connectivity index (χ0) is 8.65. The van der Waals surface area contributed by atoms with E-state index in [1.807, 2.05) is 6.92 Å². The van der Waals surface area contributed by atoms with Crippen molar-refractivity contribution in [2.24, 2.45) is 5.41 Å². The fourth-order valence-electron chi connectivity index (χ4n) is 1.72. The highest BCUT2D eigenvalue weighted by molar-refractivity contribution is 5.96. The lowest BCUT2D eigenvalue weighted by atomic mass is 9.74. The van der Waals surface area contributed by atoms with Crippen LogP contribution in [0.25, 0.3) is 0 Å². The highest BCUT2D eigenvalue weighted by atomic mass is 16.1. The largest absolute Gasteiger partial charge is 0.344 e. The first-order valence-corrected chi connectivity index (χ1v) is 4.12. The molecule has 0 heterocycles. The lowest BCUT2D eigenvalue weighted by Crippen LogP contribution is -2.23. The minimum Gasteiger partial charge on any atom is -0.344 e. The summed E-state index contributed by atoms with van der Waals surface area (Å²) in [4.78, 5) is 11.4. The Morgan fingerprint density at radius 1 is 1.17 bits per heavy atom. The highest BCUT2D eigenvalue weighted by Crippen LogP contribution is 2.36. The van der Waals surface area contributed by atoms with E-state index < -0.39 is 0 Å². The van der Waals surface area contributed by atoms with Crippen LogP contribution in [-0.2, 0) is 4.79 Å². The van der Waals surface area contributed by atoms with E-state index in [9.17, 15) is 4.79 Å². The first-order valence-electron chi connectivity index (χ1n) is 4.12. The Hall–Kier alpha value is -0.630. The van der Waals surface area contributed by atoms with Crippen molar-refractivity contribution in [3.63, 3.8) is 0 Å². The van der Waals surface area contributed by atoms with Crippen molar-refractivity contribution in [2.45, 2.75) is 40.5 Å². The van der Waals surface area contributed by atoms with Gasteiger partial charge in [0.1, 0.15) is 0 Å². The van der Waals surface area contributed by atoms with Gasteiger partial charge in [-0.3, -0.25) is 4.79 Å². The van der Waals surface area contributed by atoms with Crippen molar-refractivity contribution >= 4 is 5.78 Å². The molecule has 0 radical (unpaired) electrons. The minimum atomic E-state index is 0. The number of hydrogen-bond donors (Lipinski definition) is 1. The molecule has 12 heavy (non-hydrogen) atoms. The maximum atomic E-state index is 11.4. The van der Waals surface area contributed by atoms with Crippen LogP contribution >= 0.6 is 0 Å². The molecule has 0 bridgehead atoms. The Bertz CT molecular complexity index is 226. The molecule has 0 spiro atoms. The Balaban J connectivity index is 0.00000121. The van der Waals surface area contributed by atoms with Crippen LogP contribution in [0.15, 0.2) is 11.1 Å². The van der Waals surface area contributed by atoms with Crippen LogP contribution in [0.4, 0.5) is 0 Å². The molecule has 1 aliphatic rings. The van der Waals surface area contributed by atoms with Gasteiger partial charge in [0.15, 0.2) is 5.78 Å². The third-order valence-electron chi connectivity index (χ3n) is 2.44. The summed E-state index contributed by atoms with van der Waals surface area (Å²) in [5, 5.41) is 0. The summed E-state index contributed by atoms with van der Waals surface area (Å²) in [5.41, 5.74) is 2.45. The van der Waals surface area contributed by atoms with Gasteiger partial charge >= 0.3 is 0 Å². The van der Waals surface area contributed by atoms with E-state index in [4.69, 9.17) is 0 Å². The molecular weight excluding hydrogens is 150 g/mol. The van der Waals surface area contributed by atoms with Gasteiger partial charge < -0.3 is 6.15 Å². The average Bonchev–Trinajstić information content (AvgIpc) is 1.81. The number of Topliss-reactive ketones (excluding diaryl/α,β-unsaturated/α-hetero) is 1. The molecule has 0 atom stereocenters. The maximum Gasteiger partial charge on any atom is 0.159 e. The third-order valence-corrected chi connectivity index (χ3v) is 2.44. The second-order valence-corrected chi connectivity index (χ2v) is 4.35. The summed E-state index contributed by atoms with van der Waals surface area (Å²) >= 11 is 0. The van der Waals surface area contributed by atoms with Crippen molar-refractivity contribution < 1.29 is 4.79 Å². The number of carbonyl (C=O) groups is 1. The van der Waals surface area contributed by atoms with Gasteiger partial charge in [0.05, 0.1) is 0 Å². The van der Waals surface area contributed by atoms with E-state index in [1.165, 1.54) is 5.57 Å². The first kappa shape index (κ1) is 11.4. The lowest BCUT2D eigenvalue weighted by molar-refractivity contribution is -0.118. The summed E-state index contributed by atoms with van der Waals surface area (Å²) in [6, 6.07) is 0. The second kappa shape index (κ2) is 3.40. The van der Waals surface area contributed by atoms with Crippen LogP contribution in [-0.4, -0.2) is 5.78 Å². The molecule has 0 aromatic heterocycles. The number of carbonyl (C=O) groups excluding carboxylic acids is 1. The monoisotopic (exact) mass is 169 g/mol. The third kappa shape index (κ3) is 2.18. The van der Waals surface area contributed by atoms with E-state index in [0.717, 1.165) is 18.4 Å². The Morgan fingerprint density at radius 2 is 1.67 bits per heavy atom. The maximum absolute atomic E-state index is 11.4. The fourth-order valence-corrected chi connectivity index (χ4v) is 1.72. The average molecular weight is 169 g/mol. The molecule has 0 aromatic rings. The van der Waals surface area contributed by atoms with E-state index in [0.29, 0.717) is 5.78 Å². The first-order chi connectivity index (χ1) is 4.92. The zero-order valence-electron chi connectivity index (χ0n) is 8.53. The molecule has 0 fully saturated rings. The molecule has 1 rings (SSSR count). The van der Waals surface area contributed by atoms with E-state index in [-0.39, 0.29) is 11.6 Å². The van der Waals surface area contributed by atoms with Gasteiger partial charge in [0.25, 0.3) is 0 Å². The topological polar surface area (TPSA) is 52.1 Å². The molecule has 0 saturated heterocycles. The van der Waals surface area contributed by atoms with Crippen molar-refractivity contribution in [1.82, 2.24) is 6.15 Å². The normalized spacial score (nSPS) is 22.2. The summed E-state index contributed by atoms with van der Waals surface area (Å²) < 4.78 is 0. The fraction of sp³-hybridized carbons (Fsp3) is 0.700. The van der Waals surface area contributed by atoms with E-state index in [2.05, 4.69) is 20.8 Å². The van der Waals surface area contributed by atoms with Gasteiger partial charge in [0.2, 0.25) is 0 Å². The zero-order valence-corrected chi connectivity index (χ0v) is 8.53. The predicted octanol–water partition coefficient (Wildman–Crippen LogP) is 2.87. The van der Waals surface area contributed by atoms with Crippen molar-refractivity contribution in [3.05, 3.63) is 11.1 Å². The Kier molecular flexibility index (Phi) is 3.22. The van der Waals surface area contributed by atoms with Crippen LogP contribution in [0.5, 0.6) is 0 Å². The molecule has 0 aliphatic heterocycles. The molecule has 70 valence electrons. The molecule has 0 amide bonds. The van der Waals surface area contributed by atoms with Crippen molar-refractivity contribution in [2.75, 3.05) is 0 Å². The summed E-state index contributed by atoms with van der Waals surface area (Å²) in [6.07, 6.45) is 1.79. The number of allylic oxidation sites excluding steroid dienone is 2. The van der Waals surface area contributed by atoms with Gasteiger partial charge in [-0.05, 0) is 31.3 Å².